The summed E-state index contributed by atoms with van der Waals surface area (Å²) in [5.74, 6) is -0.429. The van der Waals surface area contributed by atoms with Gasteiger partial charge in [-0.25, -0.2) is 4.79 Å². The molecule has 3 rings (SSSR count). The minimum absolute atomic E-state index is 0. The molecular formula is C15H17ClN2O3. The number of fused-ring (bicyclic) bond motifs is 1. The van der Waals surface area contributed by atoms with Gasteiger partial charge in [0.1, 0.15) is 11.1 Å². The van der Waals surface area contributed by atoms with E-state index in [0.717, 1.165) is 24.6 Å². The van der Waals surface area contributed by atoms with Gasteiger partial charge in [-0.3, -0.25) is 4.79 Å². The number of para-hydroxylation sites is 1. The predicted molar refractivity (Wildman–Crippen MR) is 82.8 cm³/mol. The highest BCUT2D eigenvalue weighted by molar-refractivity contribution is 5.96. The van der Waals surface area contributed by atoms with Crippen LogP contribution >= 0.6 is 12.4 Å². The molecule has 1 heterocycles. The quantitative estimate of drug-likeness (QED) is 0.847. The van der Waals surface area contributed by atoms with Crippen molar-refractivity contribution >= 4 is 29.3 Å². The molecule has 1 aromatic heterocycles. The molecule has 0 saturated heterocycles. The first-order valence-electron chi connectivity index (χ1n) is 6.67. The Morgan fingerprint density at radius 3 is 2.71 bits per heavy atom. The number of nitrogens with one attached hydrogen (secondary N) is 1. The number of hydrogen-bond donors (Lipinski definition) is 2. The number of hydrogen-bond acceptors (Lipinski definition) is 4. The van der Waals surface area contributed by atoms with Crippen molar-refractivity contribution < 1.29 is 9.21 Å². The Hall–Kier alpha value is -1.85. The Morgan fingerprint density at radius 1 is 1.33 bits per heavy atom. The molecule has 0 aliphatic heterocycles. The third-order valence-electron chi connectivity index (χ3n) is 3.84. The summed E-state index contributed by atoms with van der Waals surface area (Å²) in [5.41, 5.74) is 5.60. The van der Waals surface area contributed by atoms with Crippen LogP contribution in [0.2, 0.25) is 0 Å². The molecule has 1 aliphatic rings. The molecule has 21 heavy (non-hydrogen) atoms. The maximum Gasteiger partial charge on any atom is 0.349 e. The normalized spacial score (nSPS) is 15.9. The fourth-order valence-electron chi connectivity index (χ4n) is 2.38. The van der Waals surface area contributed by atoms with Crippen molar-refractivity contribution in [3.8, 4) is 0 Å². The largest absolute Gasteiger partial charge is 0.422 e. The van der Waals surface area contributed by atoms with Crippen LogP contribution in [0.1, 0.15) is 29.6 Å². The predicted octanol–water partition coefficient (Wildman–Crippen LogP) is 1.83. The summed E-state index contributed by atoms with van der Waals surface area (Å²) < 4.78 is 5.14. The number of carbonyl (C=O) groups is 1. The number of carbonyl (C=O) groups excluding carboxylic acids is 1. The van der Waals surface area contributed by atoms with Crippen LogP contribution in [0.4, 0.5) is 0 Å². The van der Waals surface area contributed by atoms with Gasteiger partial charge in [0.15, 0.2) is 0 Å². The van der Waals surface area contributed by atoms with Gasteiger partial charge in [0.25, 0.3) is 5.91 Å². The lowest BCUT2D eigenvalue weighted by Gasteiger charge is -2.38. The van der Waals surface area contributed by atoms with Crippen LogP contribution in [0.15, 0.2) is 39.5 Å². The number of amides is 1. The standard InChI is InChI=1S/C15H16N2O3.ClH/c16-15(6-3-7-15)9-17-13(18)11-8-10-4-1-2-5-12(10)20-14(11)19;/h1-2,4-5,8H,3,6-7,9,16H2,(H,17,18);1H. The average Bonchev–Trinajstić information content (AvgIpc) is 2.42. The van der Waals surface area contributed by atoms with E-state index in [1.165, 1.54) is 0 Å². The van der Waals surface area contributed by atoms with Gasteiger partial charge in [-0.1, -0.05) is 18.2 Å². The molecule has 2 aromatic rings. The van der Waals surface area contributed by atoms with Crippen LogP contribution in [0.3, 0.4) is 0 Å². The van der Waals surface area contributed by atoms with Crippen molar-refractivity contribution in [3.63, 3.8) is 0 Å². The first-order valence-corrected chi connectivity index (χ1v) is 6.67. The lowest BCUT2D eigenvalue weighted by atomic mass is 9.78. The zero-order valence-corrected chi connectivity index (χ0v) is 12.2. The van der Waals surface area contributed by atoms with Crippen molar-refractivity contribution in [3.05, 3.63) is 46.3 Å². The maximum atomic E-state index is 12.1. The van der Waals surface area contributed by atoms with Gasteiger partial charge in [0, 0.05) is 17.5 Å². The number of halogens is 1. The van der Waals surface area contributed by atoms with E-state index in [-0.39, 0.29) is 23.5 Å². The first kappa shape index (κ1) is 15.5. The minimum atomic E-state index is -0.624. The van der Waals surface area contributed by atoms with Gasteiger partial charge in [-0.15, -0.1) is 12.4 Å². The summed E-state index contributed by atoms with van der Waals surface area (Å²) in [7, 11) is 0. The molecule has 1 saturated carbocycles. The molecule has 0 atom stereocenters. The minimum Gasteiger partial charge on any atom is -0.422 e. The highest BCUT2D eigenvalue weighted by Crippen LogP contribution is 2.28. The fourth-order valence-corrected chi connectivity index (χ4v) is 2.38. The second-order valence-corrected chi connectivity index (χ2v) is 5.38. The van der Waals surface area contributed by atoms with Gasteiger partial charge in [0.2, 0.25) is 0 Å². The van der Waals surface area contributed by atoms with E-state index in [4.69, 9.17) is 10.2 Å². The summed E-state index contributed by atoms with van der Waals surface area (Å²) in [4.78, 5) is 23.9. The van der Waals surface area contributed by atoms with Gasteiger partial charge in [0.05, 0.1) is 0 Å². The van der Waals surface area contributed by atoms with Crippen molar-refractivity contribution in [2.75, 3.05) is 6.54 Å². The molecule has 5 nitrogen and oxygen atoms in total. The molecule has 1 aliphatic carbocycles. The maximum absolute atomic E-state index is 12.1. The van der Waals surface area contributed by atoms with Crippen LogP contribution < -0.4 is 16.7 Å². The molecule has 112 valence electrons. The van der Waals surface area contributed by atoms with Gasteiger partial charge in [-0.2, -0.15) is 0 Å². The highest BCUT2D eigenvalue weighted by atomic mass is 35.5. The van der Waals surface area contributed by atoms with Crippen LogP contribution in [0.25, 0.3) is 11.0 Å². The monoisotopic (exact) mass is 308 g/mol. The Labute approximate surface area is 127 Å². The molecule has 0 radical (unpaired) electrons. The van der Waals surface area contributed by atoms with Crippen molar-refractivity contribution in [1.29, 1.82) is 0 Å². The second-order valence-electron chi connectivity index (χ2n) is 5.38. The van der Waals surface area contributed by atoms with E-state index < -0.39 is 11.5 Å². The Bertz CT molecular complexity index is 722. The van der Waals surface area contributed by atoms with Crippen LogP contribution in [-0.2, 0) is 0 Å². The van der Waals surface area contributed by atoms with Gasteiger partial charge in [-0.05, 0) is 31.4 Å². The first-order chi connectivity index (χ1) is 9.57. The van der Waals surface area contributed by atoms with Gasteiger partial charge < -0.3 is 15.5 Å². The molecule has 3 N–H and O–H groups in total. The Balaban J connectivity index is 0.00000161. The zero-order valence-electron chi connectivity index (χ0n) is 11.4. The van der Waals surface area contributed by atoms with Crippen molar-refractivity contribution in [2.45, 2.75) is 24.8 Å². The zero-order chi connectivity index (χ0) is 14.2. The second kappa shape index (κ2) is 5.87. The molecule has 1 aromatic carbocycles. The summed E-state index contributed by atoms with van der Waals surface area (Å²) in [6.45, 7) is 0.387. The molecule has 0 bridgehead atoms. The van der Waals surface area contributed by atoms with Crippen LogP contribution in [0, 0.1) is 0 Å². The van der Waals surface area contributed by atoms with Crippen LogP contribution in [-0.4, -0.2) is 18.0 Å². The van der Waals surface area contributed by atoms with E-state index in [0.29, 0.717) is 12.1 Å². The van der Waals surface area contributed by atoms with E-state index in [2.05, 4.69) is 5.32 Å². The van der Waals surface area contributed by atoms with E-state index in [9.17, 15) is 9.59 Å². The van der Waals surface area contributed by atoms with E-state index in [1.54, 1.807) is 24.3 Å². The van der Waals surface area contributed by atoms with Crippen molar-refractivity contribution in [1.82, 2.24) is 5.32 Å². The van der Waals surface area contributed by atoms with E-state index in [1.807, 2.05) is 6.07 Å². The molecule has 6 heteroatoms. The SMILES string of the molecule is Cl.NC1(CNC(=O)c2cc3ccccc3oc2=O)CCC1. The molecule has 1 amide bonds. The summed E-state index contributed by atoms with van der Waals surface area (Å²) in [5, 5.41) is 3.45. The lowest BCUT2D eigenvalue weighted by Crippen LogP contribution is -2.55. The number of rotatable bonds is 3. The molecule has 0 spiro atoms. The van der Waals surface area contributed by atoms with Gasteiger partial charge >= 0.3 is 5.63 Å². The summed E-state index contributed by atoms with van der Waals surface area (Å²) in [6.07, 6.45) is 2.89. The van der Waals surface area contributed by atoms with E-state index >= 15 is 0 Å². The Kier molecular flexibility index (Phi) is 4.34. The number of benzene rings is 1. The third-order valence-corrected chi connectivity index (χ3v) is 3.84. The third kappa shape index (κ3) is 3.09. The topological polar surface area (TPSA) is 85.3 Å². The van der Waals surface area contributed by atoms with Crippen LogP contribution in [0.5, 0.6) is 0 Å². The smallest absolute Gasteiger partial charge is 0.349 e. The molecule has 0 unspecified atom stereocenters. The lowest BCUT2D eigenvalue weighted by molar-refractivity contribution is 0.0926. The fraction of sp³-hybridized carbons (Fsp3) is 0.333. The molecule has 1 fully saturated rings. The summed E-state index contributed by atoms with van der Waals surface area (Å²) in [6, 6.07) is 8.65. The average molecular weight is 309 g/mol. The van der Waals surface area contributed by atoms with Crippen molar-refractivity contribution in [2.24, 2.45) is 5.73 Å². The highest BCUT2D eigenvalue weighted by Gasteiger charge is 2.32. The Morgan fingerprint density at radius 2 is 2.05 bits per heavy atom. The number of nitrogens with two attached hydrogens (primary N) is 1. The molecular weight excluding hydrogens is 292 g/mol. The summed E-state index contributed by atoms with van der Waals surface area (Å²) >= 11 is 0.